The minimum Gasteiger partial charge on any atom is -0.449 e. The normalized spacial score (nSPS) is 39.1. The molecule has 0 aromatic heterocycles. The van der Waals surface area contributed by atoms with Gasteiger partial charge in [0.2, 0.25) is 0 Å². The Morgan fingerprint density at radius 2 is 2.19 bits per heavy atom. The molecule has 0 aromatic carbocycles. The van der Waals surface area contributed by atoms with Crippen LogP contribution in [-0.2, 0) is 9.47 Å². The third-order valence-electron chi connectivity index (χ3n) is 3.33. The number of carbonyl (C=O) groups is 1. The largest absolute Gasteiger partial charge is 0.511 e. The lowest BCUT2D eigenvalue weighted by Crippen LogP contribution is -2.16. The van der Waals surface area contributed by atoms with Gasteiger partial charge in [-0.2, -0.15) is 0 Å². The van der Waals surface area contributed by atoms with Crippen LogP contribution in [0.25, 0.3) is 0 Å². The first kappa shape index (κ1) is 9.66. The second-order valence-electron chi connectivity index (χ2n) is 4.27. The van der Waals surface area contributed by atoms with E-state index in [1.807, 2.05) is 18.2 Å². The van der Waals surface area contributed by atoms with Gasteiger partial charge >= 0.3 is 6.16 Å². The molecule has 1 heterocycles. The zero-order valence-corrected chi connectivity index (χ0v) is 8.58. The maximum Gasteiger partial charge on any atom is 0.511 e. The highest BCUT2D eigenvalue weighted by molar-refractivity contribution is 5.58. The molecule has 0 amide bonds. The van der Waals surface area contributed by atoms with Crippen molar-refractivity contribution in [2.75, 3.05) is 0 Å². The fraction of sp³-hybridized carbons (Fsp3) is 0.417. The summed E-state index contributed by atoms with van der Waals surface area (Å²) >= 11 is 0. The number of ether oxygens (including phenoxy) is 2. The average Bonchev–Trinajstić information content (AvgIpc) is 2.73. The molecule has 4 nitrogen and oxygen atoms in total. The van der Waals surface area contributed by atoms with Crippen LogP contribution in [0.5, 0.6) is 0 Å². The smallest absolute Gasteiger partial charge is 0.449 e. The van der Waals surface area contributed by atoms with E-state index in [0.29, 0.717) is 18.1 Å². The molecule has 3 aliphatic rings. The van der Waals surface area contributed by atoms with E-state index < -0.39 is 6.16 Å². The molecule has 0 spiro atoms. The van der Waals surface area contributed by atoms with E-state index in [1.165, 1.54) is 0 Å². The van der Waals surface area contributed by atoms with Gasteiger partial charge in [0.15, 0.2) is 0 Å². The lowest BCUT2D eigenvalue weighted by molar-refractivity contribution is 0.0549. The van der Waals surface area contributed by atoms with Crippen molar-refractivity contribution in [2.24, 2.45) is 11.8 Å². The standard InChI is InChI=1S/C12H12O4/c13-12(14)15-7-5-9-8-3-1-2-4-10(8)16-11(9)6-7/h1-5,8-11H,6H2,(H,13,14). The number of fused-ring (bicyclic) bond motifs is 3. The highest BCUT2D eigenvalue weighted by Gasteiger charge is 2.45. The lowest BCUT2D eigenvalue weighted by Gasteiger charge is -2.16. The molecule has 0 radical (unpaired) electrons. The Bertz CT molecular complexity index is 407. The van der Waals surface area contributed by atoms with Crippen molar-refractivity contribution in [3.05, 3.63) is 36.1 Å². The number of rotatable bonds is 1. The summed E-state index contributed by atoms with van der Waals surface area (Å²) in [6.07, 6.45) is 9.58. The van der Waals surface area contributed by atoms with E-state index in [1.54, 1.807) is 0 Å². The minimum absolute atomic E-state index is 0.0664. The molecule has 0 saturated carbocycles. The van der Waals surface area contributed by atoms with Crippen LogP contribution in [-0.4, -0.2) is 23.5 Å². The lowest BCUT2D eigenvalue weighted by atomic mass is 9.87. The first-order chi connectivity index (χ1) is 7.74. The summed E-state index contributed by atoms with van der Waals surface area (Å²) in [4.78, 5) is 10.4. The van der Waals surface area contributed by atoms with Crippen molar-refractivity contribution >= 4 is 6.16 Å². The minimum atomic E-state index is -1.25. The van der Waals surface area contributed by atoms with Gasteiger partial charge in [-0.15, -0.1) is 0 Å². The zero-order valence-electron chi connectivity index (χ0n) is 8.58. The summed E-state index contributed by atoms with van der Waals surface area (Å²) in [7, 11) is 0. The Labute approximate surface area is 92.9 Å². The van der Waals surface area contributed by atoms with Crippen molar-refractivity contribution in [1.82, 2.24) is 0 Å². The topological polar surface area (TPSA) is 55.8 Å². The third-order valence-corrected chi connectivity index (χ3v) is 3.33. The SMILES string of the molecule is O=C(O)OC1=CC2C(C1)OC1C=CC=CC12. The number of hydrogen-bond donors (Lipinski definition) is 1. The van der Waals surface area contributed by atoms with Crippen LogP contribution in [0, 0.1) is 11.8 Å². The molecular weight excluding hydrogens is 208 g/mol. The summed E-state index contributed by atoms with van der Waals surface area (Å²) in [6.45, 7) is 0. The average molecular weight is 220 g/mol. The van der Waals surface area contributed by atoms with E-state index in [2.05, 4.69) is 16.9 Å². The molecule has 0 bridgehead atoms. The summed E-state index contributed by atoms with van der Waals surface area (Å²) in [5, 5.41) is 8.54. The molecule has 4 atom stereocenters. The molecule has 1 aliphatic heterocycles. The van der Waals surface area contributed by atoms with E-state index in [9.17, 15) is 4.79 Å². The monoisotopic (exact) mass is 220 g/mol. The first-order valence-corrected chi connectivity index (χ1v) is 5.36. The molecule has 84 valence electrons. The predicted octanol–water partition coefficient (Wildman–Crippen LogP) is 2.09. The Hall–Kier alpha value is -1.55. The van der Waals surface area contributed by atoms with Crippen LogP contribution in [0.1, 0.15) is 6.42 Å². The Balaban J connectivity index is 1.78. The molecule has 16 heavy (non-hydrogen) atoms. The Morgan fingerprint density at radius 3 is 3.00 bits per heavy atom. The van der Waals surface area contributed by atoms with Gasteiger partial charge in [-0.25, -0.2) is 4.79 Å². The maximum atomic E-state index is 10.4. The van der Waals surface area contributed by atoms with Gasteiger partial charge < -0.3 is 14.6 Å². The molecule has 2 aliphatic carbocycles. The van der Waals surface area contributed by atoms with Crippen LogP contribution >= 0.6 is 0 Å². The number of allylic oxidation sites excluding steroid dienone is 2. The maximum absolute atomic E-state index is 10.4. The van der Waals surface area contributed by atoms with Gasteiger partial charge in [-0.05, 0) is 6.08 Å². The van der Waals surface area contributed by atoms with E-state index in [4.69, 9.17) is 9.84 Å². The molecule has 1 saturated heterocycles. The van der Waals surface area contributed by atoms with Gasteiger partial charge in [0.1, 0.15) is 5.76 Å². The highest BCUT2D eigenvalue weighted by atomic mass is 16.7. The molecule has 4 unspecified atom stereocenters. The molecule has 3 rings (SSSR count). The molecule has 0 aromatic rings. The quantitative estimate of drug-likeness (QED) is 0.687. The van der Waals surface area contributed by atoms with Crippen molar-refractivity contribution in [1.29, 1.82) is 0 Å². The number of hydrogen-bond acceptors (Lipinski definition) is 3. The van der Waals surface area contributed by atoms with Crippen molar-refractivity contribution in [3.63, 3.8) is 0 Å². The number of carboxylic acid groups (broad SMARTS) is 1. The van der Waals surface area contributed by atoms with Crippen LogP contribution in [0.15, 0.2) is 36.1 Å². The Morgan fingerprint density at radius 1 is 1.38 bits per heavy atom. The van der Waals surface area contributed by atoms with Crippen LogP contribution in [0.4, 0.5) is 4.79 Å². The fourth-order valence-electron chi connectivity index (χ4n) is 2.70. The first-order valence-electron chi connectivity index (χ1n) is 5.36. The summed E-state index contributed by atoms with van der Waals surface area (Å²) in [6, 6.07) is 0. The summed E-state index contributed by atoms with van der Waals surface area (Å²) < 4.78 is 10.5. The van der Waals surface area contributed by atoms with E-state index in [-0.39, 0.29) is 18.1 Å². The third kappa shape index (κ3) is 1.46. The molecule has 1 N–H and O–H groups in total. The van der Waals surface area contributed by atoms with Crippen molar-refractivity contribution in [3.8, 4) is 0 Å². The van der Waals surface area contributed by atoms with Gasteiger partial charge in [-0.3, -0.25) is 0 Å². The second-order valence-corrected chi connectivity index (χ2v) is 4.27. The highest BCUT2D eigenvalue weighted by Crippen LogP contribution is 2.44. The zero-order chi connectivity index (χ0) is 11.1. The van der Waals surface area contributed by atoms with Gasteiger partial charge in [0, 0.05) is 18.3 Å². The Kier molecular flexibility index (Phi) is 2.11. The predicted molar refractivity (Wildman–Crippen MR) is 55.7 cm³/mol. The summed E-state index contributed by atoms with van der Waals surface area (Å²) in [5.41, 5.74) is 0. The molecular formula is C12H12O4. The van der Waals surface area contributed by atoms with Crippen molar-refractivity contribution < 1.29 is 19.4 Å². The van der Waals surface area contributed by atoms with Crippen LogP contribution < -0.4 is 0 Å². The van der Waals surface area contributed by atoms with Crippen LogP contribution in [0.2, 0.25) is 0 Å². The van der Waals surface area contributed by atoms with E-state index >= 15 is 0 Å². The van der Waals surface area contributed by atoms with Crippen LogP contribution in [0.3, 0.4) is 0 Å². The molecule has 4 heteroatoms. The van der Waals surface area contributed by atoms with Gasteiger partial charge in [0.05, 0.1) is 12.2 Å². The van der Waals surface area contributed by atoms with E-state index in [0.717, 1.165) is 0 Å². The van der Waals surface area contributed by atoms with Crippen molar-refractivity contribution in [2.45, 2.75) is 18.6 Å². The van der Waals surface area contributed by atoms with Gasteiger partial charge in [0.25, 0.3) is 0 Å². The second kappa shape index (κ2) is 3.49. The molecule has 1 fully saturated rings. The fourth-order valence-corrected chi connectivity index (χ4v) is 2.70. The summed E-state index contributed by atoms with van der Waals surface area (Å²) in [5.74, 6) is 1.09. The van der Waals surface area contributed by atoms with Gasteiger partial charge in [-0.1, -0.05) is 24.3 Å².